The number of hydrogen-bond acceptors (Lipinski definition) is 5. The fraction of sp³-hybridized carbons (Fsp3) is 0.240. The summed E-state index contributed by atoms with van der Waals surface area (Å²) in [6.45, 7) is -0.166. The highest BCUT2D eigenvalue weighted by atomic mass is 35.5. The van der Waals surface area contributed by atoms with E-state index in [9.17, 15) is 13.2 Å². The number of nitrogens with one attached hydrogen (secondary N) is 2. The number of sulfonamides is 1. The van der Waals surface area contributed by atoms with Gasteiger partial charge in [-0.05, 0) is 60.7 Å². The first-order valence-electron chi connectivity index (χ1n) is 11.7. The number of aryl methyl sites for hydroxylation is 2. The van der Waals surface area contributed by atoms with Crippen molar-refractivity contribution < 1.29 is 17.6 Å². The van der Waals surface area contributed by atoms with E-state index < -0.39 is 28.4 Å². The van der Waals surface area contributed by atoms with E-state index in [1.54, 1.807) is 46.9 Å². The van der Waals surface area contributed by atoms with Gasteiger partial charge in [0.25, 0.3) is 10.0 Å². The van der Waals surface area contributed by atoms with Crippen LogP contribution in [-0.4, -0.2) is 40.6 Å². The van der Waals surface area contributed by atoms with Crippen LogP contribution in [0.1, 0.15) is 29.7 Å². The monoisotopic (exact) mass is 576 g/mol. The third kappa shape index (κ3) is 5.27. The molecule has 0 bridgehead atoms. The van der Waals surface area contributed by atoms with Crippen LogP contribution >= 0.6 is 23.2 Å². The van der Waals surface area contributed by atoms with Gasteiger partial charge in [-0.3, -0.25) is 9.36 Å². The number of amides is 2. The molecule has 38 heavy (non-hydrogen) atoms. The minimum Gasteiger partial charge on any atom is -0.331 e. The largest absolute Gasteiger partial charge is 0.331 e. The van der Waals surface area contributed by atoms with E-state index in [2.05, 4.69) is 15.5 Å². The number of fused-ring (bicyclic) bond motifs is 2. The van der Waals surface area contributed by atoms with Gasteiger partial charge in [0.05, 0.1) is 41.6 Å². The smallest absolute Gasteiger partial charge is 0.329 e. The minimum absolute atomic E-state index is 0.103. The van der Waals surface area contributed by atoms with E-state index in [0.717, 1.165) is 29.5 Å². The standard InChI is InChI=1S/C25H23Cl2FN6O3S/c1-33-23-8-7-19(9-17(23)12-30-33)38(36,37)32-25(35)29-13-22(28)20-4-2-3-15-11-31-34(24(15)20)14-16-5-6-18(26)10-21(16)27/h5-12H,2-4,13-14H2,1H3,(H2,29,32,35). The molecular formula is C25H23Cl2FN6O3S. The molecule has 2 aromatic heterocycles. The van der Waals surface area contributed by atoms with Crippen molar-refractivity contribution in [1.82, 2.24) is 29.6 Å². The zero-order chi connectivity index (χ0) is 27.0. The number of carbonyl (C=O) groups excluding carboxylic acids is 1. The lowest BCUT2D eigenvalue weighted by Gasteiger charge is -2.19. The number of benzene rings is 2. The van der Waals surface area contributed by atoms with Crippen molar-refractivity contribution in [2.75, 3.05) is 6.54 Å². The second kappa shape index (κ2) is 10.4. The van der Waals surface area contributed by atoms with Crippen molar-refractivity contribution in [3.8, 4) is 0 Å². The highest BCUT2D eigenvalue weighted by molar-refractivity contribution is 7.90. The number of allylic oxidation sites excluding steroid dienone is 1. The normalized spacial score (nSPS) is 14.8. The Bertz CT molecular complexity index is 1700. The molecular weight excluding hydrogens is 554 g/mol. The van der Waals surface area contributed by atoms with Gasteiger partial charge >= 0.3 is 6.03 Å². The van der Waals surface area contributed by atoms with Gasteiger partial charge < -0.3 is 5.32 Å². The Morgan fingerprint density at radius 2 is 1.92 bits per heavy atom. The molecule has 0 saturated heterocycles. The Kier molecular flexibility index (Phi) is 7.17. The fourth-order valence-corrected chi connectivity index (χ4v) is 5.95. The Balaban J connectivity index is 1.31. The third-order valence-corrected chi connectivity index (χ3v) is 8.31. The van der Waals surface area contributed by atoms with Crippen molar-refractivity contribution in [1.29, 1.82) is 0 Å². The van der Waals surface area contributed by atoms with Crippen LogP contribution in [-0.2, 0) is 30.0 Å². The summed E-state index contributed by atoms with van der Waals surface area (Å²) in [6.07, 6.45) is 5.15. The maximum absolute atomic E-state index is 15.4. The highest BCUT2D eigenvalue weighted by Crippen LogP contribution is 2.34. The number of halogens is 3. The number of aromatic nitrogens is 4. The van der Waals surface area contributed by atoms with E-state index in [0.29, 0.717) is 39.7 Å². The van der Waals surface area contributed by atoms with E-state index in [4.69, 9.17) is 23.2 Å². The maximum atomic E-state index is 15.4. The van der Waals surface area contributed by atoms with E-state index >= 15 is 4.39 Å². The van der Waals surface area contributed by atoms with Gasteiger partial charge in [-0.2, -0.15) is 10.2 Å². The molecule has 0 radical (unpaired) electrons. The number of rotatable bonds is 6. The van der Waals surface area contributed by atoms with Gasteiger partial charge in [-0.15, -0.1) is 0 Å². The zero-order valence-corrected chi connectivity index (χ0v) is 22.5. The topological polar surface area (TPSA) is 111 Å². The van der Waals surface area contributed by atoms with Crippen LogP contribution in [0, 0.1) is 0 Å². The number of nitrogens with zero attached hydrogens (tertiary/aromatic N) is 4. The summed E-state index contributed by atoms with van der Waals surface area (Å²) in [5.74, 6) is -0.570. The summed E-state index contributed by atoms with van der Waals surface area (Å²) in [6, 6.07) is 8.50. The molecule has 0 fully saturated rings. The predicted octanol–water partition coefficient (Wildman–Crippen LogP) is 4.83. The second-order valence-electron chi connectivity index (χ2n) is 8.93. The van der Waals surface area contributed by atoms with Gasteiger partial charge in [-0.1, -0.05) is 29.3 Å². The van der Waals surface area contributed by atoms with Crippen LogP contribution in [0.2, 0.25) is 10.0 Å². The second-order valence-corrected chi connectivity index (χ2v) is 11.5. The molecule has 1 aliphatic rings. The van der Waals surface area contributed by atoms with Crippen molar-refractivity contribution in [2.24, 2.45) is 7.05 Å². The van der Waals surface area contributed by atoms with Gasteiger partial charge in [0.2, 0.25) is 0 Å². The number of carbonyl (C=O) groups is 1. The SMILES string of the molecule is Cn1ncc2cc(S(=O)(=O)NC(=O)NCC(F)=C3CCCc4cnn(Cc5ccc(Cl)cc5Cl)c43)ccc21. The fourth-order valence-electron chi connectivity index (χ4n) is 4.52. The molecule has 1 aliphatic carbocycles. The van der Waals surface area contributed by atoms with E-state index in [1.165, 1.54) is 18.3 Å². The molecule has 9 nitrogen and oxygen atoms in total. The molecule has 0 unspecified atom stereocenters. The first kappa shape index (κ1) is 26.2. The molecule has 198 valence electrons. The molecule has 13 heteroatoms. The average Bonchev–Trinajstić information content (AvgIpc) is 3.47. The maximum Gasteiger partial charge on any atom is 0.329 e. The van der Waals surface area contributed by atoms with E-state index in [-0.39, 0.29) is 4.90 Å². The van der Waals surface area contributed by atoms with Crippen LogP contribution < -0.4 is 10.0 Å². The van der Waals surface area contributed by atoms with Crippen molar-refractivity contribution >= 4 is 55.7 Å². The zero-order valence-electron chi connectivity index (χ0n) is 20.2. The van der Waals surface area contributed by atoms with E-state index in [1.807, 2.05) is 4.72 Å². The van der Waals surface area contributed by atoms with Crippen molar-refractivity contribution in [3.63, 3.8) is 0 Å². The quantitative estimate of drug-likeness (QED) is 0.341. The van der Waals surface area contributed by atoms with Gasteiger partial charge in [0, 0.05) is 28.1 Å². The molecule has 0 atom stereocenters. The Labute approximate surface area is 228 Å². The minimum atomic E-state index is -4.18. The molecule has 0 aliphatic heterocycles. The molecule has 4 aromatic rings. The van der Waals surface area contributed by atoms with Crippen LogP contribution in [0.5, 0.6) is 0 Å². The summed E-state index contributed by atoms with van der Waals surface area (Å²) in [4.78, 5) is 12.3. The van der Waals surface area contributed by atoms with Crippen LogP contribution in [0.25, 0.3) is 16.5 Å². The van der Waals surface area contributed by atoms with Crippen LogP contribution in [0.15, 0.2) is 59.5 Å². The predicted molar refractivity (Wildman–Crippen MR) is 143 cm³/mol. The Morgan fingerprint density at radius 3 is 2.71 bits per heavy atom. The van der Waals surface area contributed by atoms with Crippen molar-refractivity contribution in [2.45, 2.75) is 30.7 Å². The Morgan fingerprint density at radius 1 is 1.11 bits per heavy atom. The van der Waals surface area contributed by atoms with Gasteiger partial charge in [-0.25, -0.2) is 22.3 Å². The molecule has 2 heterocycles. The van der Waals surface area contributed by atoms with Crippen molar-refractivity contribution in [3.05, 3.63) is 81.5 Å². The number of hydrogen-bond donors (Lipinski definition) is 2. The lowest BCUT2D eigenvalue weighted by molar-refractivity contribution is 0.246. The lowest BCUT2D eigenvalue weighted by Crippen LogP contribution is -2.40. The first-order valence-corrected chi connectivity index (χ1v) is 13.9. The summed E-state index contributed by atoms with van der Waals surface area (Å²) < 4.78 is 46.0. The summed E-state index contributed by atoms with van der Waals surface area (Å²) in [7, 11) is -2.44. The Hall–Kier alpha value is -3.41. The molecule has 0 spiro atoms. The van der Waals surface area contributed by atoms with Gasteiger partial charge in [0.1, 0.15) is 5.83 Å². The summed E-state index contributed by atoms with van der Waals surface area (Å²) in [5.41, 5.74) is 3.47. The number of urea groups is 1. The van der Waals surface area contributed by atoms with Gasteiger partial charge in [0.15, 0.2) is 0 Å². The molecule has 5 rings (SSSR count). The molecule has 2 aromatic carbocycles. The van der Waals surface area contributed by atoms with Crippen LogP contribution in [0.3, 0.4) is 0 Å². The average molecular weight is 577 g/mol. The first-order chi connectivity index (χ1) is 18.1. The third-order valence-electron chi connectivity index (χ3n) is 6.40. The molecule has 2 amide bonds. The summed E-state index contributed by atoms with van der Waals surface area (Å²) >= 11 is 12.3. The molecule has 2 N–H and O–H groups in total. The lowest BCUT2D eigenvalue weighted by atomic mass is 9.92. The highest BCUT2D eigenvalue weighted by Gasteiger charge is 2.25. The summed E-state index contributed by atoms with van der Waals surface area (Å²) in [5, 5.41) is 12.4. The van der Waals surface area contributed by atoms with Crippen LogP contribution in [0.4, 0.5) is 9.18 Å². The molecule has 0 saturated carbocycles.